The van der Waals surface area contributed by atoms with Crippen LogP contribution in [-0.4, -0.2) is 16.8 Å². The fraction of sp³-hybridized carbons (Fsp3) is 0.333. The van der Waals surface area contributed by atoms with Gasteiger partial charge in [-0.15, -0.1) is 0 Å². The largest absolute Gasteiger partial charge is 0.504 e. The van der Waals surface area contributed by atoms with Gasteiger partial charge in [-0.1, -0.05) is 15.9 Å². The van der Waals surface area contributed by atoms with Crippen LogP contribution in [0.1, 0.15) is 12.5 Å². The zero-order chi connectivity index (χ0) is 9.84. The summed E-state index contributed by atoms with van der Waals surface area (Å²) in [6, 6.07) is 3.08. The van der Waals surface area contributed by atoms with Crippen molar-refractivity contribution in [1.29, 1.82) is 0 Å². The molecule has 0 radical (unpaired) electrons. The third-order valence-electron chi connectivity index (χ3n) is 1.60. The SMILES string of the molecule is CCOc1cc(O)c(O)c(CBr)c1. The van der Waals surface area contributed by atoms with Crippen molar-refractivity contribution >= 4 is 15.9 Å². The average molecular weight is 247 g/mol. The lowest BCUT2D eigenvalue weighted by atomic mass is 10.2. The van der Waals surface area contributed by atoms with Gasteiger partial charge in [0.15, 0.2) is 11.5 Å². The molecule has 0 unspecified atom stereocenters. The maximum Gasteiger partial charge on any atom is 0.161 e. The second-order valence-electron chi connectivity index (χ2n) is 2.52. The molecule has 72 valence electrons. The maximum absolute atomic E-state index is 9.35. The van der Waals surface area contributed by atoms with E-state index in [-0.39, 0.29) is 11.5 Å². The molecule has 0 saturated carbocycles. The Hall–Kier alpha value is -0.900. The van der Waals surface area contributed by atoms with Crippen LogP contribution in [-0.2, 0) is 5.33 Å². The Morgan fingerprint density at radius 2 is 2.08 bits per heavy atom. The number of hydrogen-bond acceptors (Lipinski definition) is 3. The van der Waals surface area contributed by atoms with Gasteiger partial charge in [0, 0.05) is 17.0 Å². The number of alkyl halides is 1. The minimum absolute atomic E-state index is 0.0969. The number of aromatic hydroxyl groups is 2. The number of phenols is 2. The number of ether oxygens (including phenoxy) is 1. The van der Waals surface area contributed by atoms with E-state index >= 15 is 0 Å². The Morgan fingerprint density at radius 1 is 1.38 bits per heavy atom. The van der Waals surface area contributed by atoms with Crippen molar-refractivity contribution in [1.82, 2.24) is 0 Å². The highest BCUT2D eigenvalue weighted by Gasteiger charge is 2.08. The lowest BCUT2D eigenvalue weighted by Gasteiger charge is -2.08. The molecule has 1 aromatic carbocycles. The van der Waals surface area contributed by atoms with Gasteiger partial charge in [0.1, 0.15) is 5.75 Å². The van der Waals surface area contributed by atoms with Crippen molar-refractivity contribution in [2.24, 2.45) is 0 Å². The van der Waals surface area contributed by atoms with Crippen LogP contribution in [0.15, 0.2) is 12.1 Å². The van der Waals surface area contributed by atoms with Crippen LogP contribution in [0, 0.1) is 0 Å². The van der Waals surface area contributed by atoms with E-state index in [1.807, 2.05) is 6.92 Å². The van der Waals surface area contributed by atoms with E-state index in [2.05, 4.69) is 15.9 Å². The molecule has 1 aromatic rings. The molecule has 0 saturated heterocycles. The van der Waals surface area contributed by atoms with E-state index in [0.717, 1.165) is 0 Å². The molecule has 4 heteroatoms. The zero-order valence-corrected chi connectivity index (χ0v) is 8.84. The number of phenolic OH excluding ortho intramolecular Hbond substituents is 2. The average Bonchev–Trinajstić information content (AvgIpc) is 2.11. The van der Waals surface area contributed by atoms with E-state index in [0.29, 0.717) is 23.2 Å². The number of hydrogen-bond donors (Lipinski definition) is 2. The molecule has 0 spiro atoms. The quantitative estimate of drug-likeness (QED) is 0.636. The highest BCUT2D eigenvalue weighted by atomic mass is 79.9. The minimum Gasteiger partial charge on any atom is -0.504 e. The van der Waals surface area contributed by atoms with Gasteiger partial charge in [0.25, 0.3) is 0 Å². The summed E-state index contributed by atoms with van der Waals surface area (Å²) in [6.45, 7) is 2.39. The van der Waals surface area contributed by atoms with Gasteiger partial charge in [-0.2, -0.15) is 0 Å². The molecule has 0 aliphatic heterocycles. The standard InChI is InChI=1S/C9H11BrO3/c1-2-13-7-3-6(5-10)9(12)8(11)4-7/h3-4,11-12H,2,5H2,1H3. The highest BCUT2D eigenvalue weighted by Crippen LogP contribution is 2.34. The molecule has 0 amide bonds. The van der Waals surface area contributed by atoms with Crippen LogP contribution in [0.3, 0.4) is 0 Å². The number of rotatable bonds is 3. The molecule has 0 heterocycles. The van der Waals surface area contributed by atoms with Crippen molar-refractivity contribution in [2.75, 3.05) is 6.61 Å². The first-order valence-electron chi connectivity index (χ1n) is 3.92. The third kappa shape index (κ3) is 2.28. The van der Waals surface area contributed by atoms with Crippen molar-refractivity contribution in [3.8, 4) is 17.2 Å². The van der Waals surface area contributed by atoms with Crippen molar-refractivity contribution < 1.29 is 14.9 Å². The summed E-state index contributed by atoms with van der Waals surface area (Å²) >= 11 is 3.20. The van der Waals surface area contributed by atoms with Crippen LogP contribution in [0.25, 0.3) is 0 Å². The maximum atomic E-state index is 9.35. The fourth-order valence-electron chi connectivity index (χ4n) is 1.00. The van der Waals surface area contributed by atoms with E-state index in [1.54, 1.807) is 6.07 Å². The van der Waals surface area contributed by atoms with Gasteiger partial charge < -0.3 is 14.9 Å². The number of halogens is 1. The Kier molecular flexibility index (Phi) is 3.42. The first kappa shape index (κ1) is 10.2. The van der Waals surface area contributed by atoms with Crippen LogP contribution in [0.2, 0.25) is 0 Å². The highest BCUT2D eigenvalue weighted by molar-refractivity contribution is 9.08. The van der Waals surface area contributed by atoms with Gasteiger partial charge in [0.05, 0.1) is 6.61 Å². The molecule has 1 rings (SSSR count). The lowest BCUT2D eigenvalue weighted by molar-refractivity contribution is 0.333. The van der Waals surface area contributed by atoms with Gasteiger partial charge >= 0.3 is 0 Å². The molecule has 3 nitrogen and oxygen atoms in total. The molecule has 0 aliphatic carbocycles. The summed E-state index contributed by atoms with van der Waals surface area (Å²) in [4.78, 5) is 0. The van der Waals surface area contributed by atoms with Gasteiger partial charge in [-0.3, -0.25) is 0 Å². The first-order valence-corrected chi connectivity index (χ1v) is 5.04. The molecule has 0 atom stereocenters. The molecule has 0 aromatic heterocycles. The predicted octanol–water partition coefficient (Wildman–Crippen LogP) is 2.39. The van der Waals surface area contributed by atoms with Crippen LogP contribution in [0.4, 0.5) is 0 Å². The summed E-state index contributed by atoms with van der Waals surface area (Å²) in [7, 11) is 0. The topological polar surface area (TPSA) is 49.7 Å². The summed E-state index contributed by atoms with van der Waals surface area (Å²) in [5.41, 5.74) is 0.614. The van der Waals surface area contributed by atoms with Crippen molar-refractivity contribution in [3.63, 3.8) is 0 Å². The van der Waals surface area contributed by atoms with E-state index in [1.165, 1.54) is 6.07 Å². The minimum atomic E-state index is -0.152. The van der Waals surface area contributed by atoms with Crippen LogP contribution >= 0.6 is 15.9 Å². The fourth-order valence-corrected chi connectivity index (χ4v) is 1.43. The van der Waals surface area contributed by atoms with Gasteiger partial charge in [-0.05, 0) is 13.0 Å². The van der Waals surface area contributed by atoms with Gasteiger partial charge in [-0.25, -0.2) is 0 Å². The molecule has 0 bridgehead atoms. The first-order chi connectivity index (χ1) is 6.19. The second-order valence-corrected chi connectivity index (χ2v) is 3.08. The normalized spacial score (nSPS) is 10.0. The van der Waals surface area contributed by atoms with E-state index < -0.39 is 0 Å². The summed E-state index contributed by atoms with van der Waals surface area (Å²) in [5, 5.41) is 19.1. The molecule has 13 heavy (non-hydrogen) atoms. The second kappa shape index (κ2) is 4.37. The predicted molar refractivity (Wildman–Crippen MR) is 53.6 cm³/mol. The molecule has 0 fully saturated rings. The molecular formula is C9H11BrO3. The van der Waals surface area contributed by atoms with Crippen molar-refractivity contribution in [3.05, 3.63) is 17.7 Å². The summed E-state index contributed by atoms with van der Waals surface area (Å²) < 4.78 is 5.19. The molecule has 2 N–H and O–H groups in total. The Bertz CT molecular complexity index is 299. The summed E-state index contributed by atoms with van der Waals surface area (Å²) in [6.07, 6.45) is 0. The zero-order valence-electron chi connectivity index (χ0n) is 7.25. The molecule has 0 aliphatic rings. The van der Waals surface area contributed by atoms with Crippen LogP contribution < -0.4 is 4.74 Å². The lowest BCUT2D eigenvalue weighted by Crippen LogP contribution is -1.92. The Balaban J connectivity index is 3.06. The van der Waals surface area contributed by atoms with Crippen LogP contribution in [0.5, 0.6) is 17.2 Å². The van der Waals surface area contributed by atoms with E-state index in [9.17, 15) is 10.2 Å². The van der Waals surface area contributed by atoms with Crippen molar-refractivity contribution in [2.45, 2.75) is 12.3 Å². The van der Waals surface area contributed by atoms with Gasteiger partial charge in [0.2, 0.25) is 0 Å². The summed E-state index contributed by atoms with van der Waals surface area (Å²) in [5.74, 6) is 0.313. The Morgan fingerprint density at radius 3 is 2.62 bits per heavy atom. The molecular weight excluding hydrogens is 236 g/mol. The number of benzene rings is 1. The Labute approximate surface area is 85.1 Å². The third-order valence-corrected chi connectivity index (χ3v) is 2.20. The van der Waals surface area contributed by atoms with E-state index in [4.69, 9.17) is 4.74 Å². The smallest absolute Gasteiger partial charge is 0.161 e. The monoisotopic (exact) mass is 246 g/mol.